The second kappa shape index (κ2) is 7.47. The standard InChI is InChI=1S/C19H22O6S/c1-13-5-10-17(26(21,22)23)15(11-13)12-14-6-8-16(9-7-14)24-18(20)25-19(2,3)4/h5-11H,12H2,1-4H3,(H,21,22,23). The molecule has 140 valence electrons. The lowest BCUT2D eigenvalue weighted by Gasteiger charge is -2.18. The van der Waals surface area contributed by atoms with Crippen LogP contribution in [0.5, 0.6) is 5.75 Å². The lowest BCUT2D eigenvalue weighted by atomic mass is 10.0. The van der Waals surface area contributed by atoms with Crippen molar-refractivity contribution in [1.82, 2.24) is 0 Å². The van der Waals surface area contributed by atoms with Crippen LogP contribution >= 0.6 is 0 Å². The van der Waals surface area contributed by atoms with Gasteiger partial charge in [-0.2, -0.15) is 8.42 Å². The number of carbonyl (C=O) groups is 1. The van der Waals surface area contributed by atoms with E-state index in [2.05, 4.69) is 0 Å². The summed E-state index contributed by atoms with van der Waals surface area (Å²) in [5.74, 6) is 0.322. The van der Waals surface area contributed by atoms with Gasteiger partial charge in [-0.15, -0.1) is 0 Å². The molecule has 1 N–H and O–H groups in total. The van der Waals surface area contributed by atoms with Crippen LogP contribution in [0.1, 0.15) is 37.5 Å². The number of ether oxygens (including phenoxy) is 2. The van der Waals surface area contributed by atoms with Gasteiger partial charge in [-0.1, -0.05) is 29.8 Å². The quantitative estimate of drug-likeness (QED) is 0.488. The minimum atomic E-state index is -4.30. The van der Waals surface area contributed by atoms with Crippen molar-refractivity contribution in [2.24, 2.45) is 0 Å². The van der Waals surface area contributed by atoms with E-state index in [0.29, 0.717) is 17.7 Å². The van der Waals surface area contributed by atoms with Crippen molar-refractivity contribution in [1.29, 1.82) is 0 Å². The summed E-state index contributed by atoms with van der Waals surface area (Å²) in [6.45, 7) is 7.07. The Morgan fingerprint density at radius 1 is 1.08 bits per heavy atom. The van der Waals surface area contributed by atoms with Crippen LogP contribution in [-0.4, -0.2) is 24.7 Å². The van der Waals surface area contributed by atoms with Crippen molar-refractivity contribution in [3.63, 3.8) is 0 Å². The van der Waals surface area contributed by atoms with Crippen LogP contribution in [0.15, 0.2) is 47.4 Å². The van der Waals surface area contributed by atoms with Gasteiger partial charge in [0.15, 0.2) is 0 Å². The van der Waals surface area contributed by atoms with Gasteiger partial charge in [-0.3, -0.25) is 4.55 Å². The lowest BCUT2D eigenvalue weighted by molar-refractivity contribution is 0.0206. The second-order valence-corrected chi connectivity index (χ2v) is 8.36. The number of aryl methyl sites for hydroxylation is 1. The first-order valence-corrected chi connectivity index (χ1v) is 9.45. The SMILES string of the molecule is Cc1ccc(S(=O)(=O)O)c(Cc2ccc(OC(=O)OC(C)(C)C)cc2)c1. The molecule has 0 aromatic heterocycles. The van der Waals surface area contributed by atoms with Crippen molar-refractivity contribution in [2.75, 3.05) is 0 Å². The number of hydrogen-bond donors (Lipinski definition) is 1. The molecule has 2 rings (SSSR count). The first-order chi connectivity index (χ1) is 11.9. The summed E-state index contributed by atoms with van der Waals surface area (Å²) < 4.78 is 42.6. The Balaban J connectivity index is 2.16. The highest BCUT2D eigenvalue weighted by Crippen LogP contribution is 2.22. The maximum atomic E-state index is 11.7. The van der Waals surface area contributed by atoms with E-state index in [1.807, 2.05) is 6.92 Å². The Labute approximate surface area is 153 Å². The molecule has 0 saturated heterocycles. The summed E-state index contributed by atoms with van der Waals surface area (Å²) in [7, 11) is -4.30. The van der Waals surface area contributed by atoms with Gasteiger partial charge in [0.1, 0.15) is 11.4 Å². The monoisotopic (exact) mass is 378 g/mol. The average Bonchev–Trinajstić information content (AvgIpc) is 2.46. The summed E-state index contributed by atoms with van der Waals surface area (Å²) in [5, 5.41) is 0. The summed E-state index contributed by atoms with van der Waals surface area (Å²) in [6, 6.07) is 11.4. The molecule has 26 heavy (non-hydrogen) atoms. The van der Waals surface area contributed by atoms with Crippen LogP contribution in [-0.2, 0) is 21.3 Å². The van der Waals surface area contributed by atoms with E-state index in [9.17, 15) is 17.8 Å². The van der Waals surface area contributed by atoms with Crippen molar-refractivity contribution >= 4 is 16.3 Å². The van der Waals surface area contributed by atoms with Crippen LogP contribution in [0.4, 0.5) is 4.79 Å². The molecule has 0 unspecified atom stereocenters. The summed E-state index contributed by atoms with van der Waals surface area (Å²) in [4.78, 5) is 11.5. The van der Waals surface area contributed by atoms with Crippen LogP contribution in [0.2, 0.25) is 0 Å². The topological polar surface area (TPSA) is 89.9 Å². The molecule has 7 heteroatoms. The molecule has 6 nitrogen and oxygen atoms in total. The van der Waals surface area contributed by atoms with Gasteiger partial charge in [-0.05, 0) is 63.4 Å². The van der Waals surface area contributed by atoms with Crippen LogP contribution in [0, 0.1) is 6.92 Å². The van der Waals surface area contributed by atoms with Gasteiger partial charge in [0.05, 0.1) is 4.90 Å². The Hall–Kier alpha value is -2.38. The molecule has 0 atom stereocenters. The van der Waals surface area contributed by atoms with Crippen molar-refractivity contribution in [2.45, 2.75) is 44.6 Å². The van der Waals surface area contributed by atoms with Crippen LogP contribution in [0.3, 0.4) is 0 Å². The Morgan fingerprint density at radius 2 is 1.69 bits per heavy atom. The van der Waals surface area contributed by atoms with Crippen molar-refractivity contribution in [3.8, 4) is 5.75 Å². The van der Waals surface area contributed by atoms with E-state index < -0.39 is 21.9 Å². The number of carbonyl (C=O) groups excluding carboxylic acids is 1. The van der Waals surface area contributed by atoms with Crippen molar-refractivity contribution in [3.05, 3.63) is 59.2 Å². The molecule has 0 aliphatic rings. The minimum absolute atomic E-state index is 0.114. The predicted octanol–water partition coefficient (Wildman–Crippen LogP) is 4.15. The highest BCUT2D eigenvalue weighted by molar-refractivity contribution is 7.85. The van der Waals surface area contributed by atoms with Gasteiger partial charge in [0, 0.05) is 0 Å². The van der Waals surface area contributed by atoms with Gasteiger partial charge in [0.25, 0.3) is 10.1 Å². The fourth-order valence-electron chi connectivity index (χ4n) is 2.36. The molecule has 0 saturated carbocycles. The van der Waals surface area contributed by atoms with Gasteiger partial charge in [-0.25, -0.2) is 4.79 Å². The molecule has 0 amide bonds. The van der Waals surface area contributed by atoms with E-state index in [-0.39, 0.29) is 4.90 Å². The second-order valence-electron chi connectivity index (χ2n) is 6.97. The van der Waals surface area contributed by atoms with Gasteiger partial charge >= 0.3 is 6.16 Å². The third-order valence-corrected chi connectivity index (χ3v) is 4.36. The largest absolute Gasteiger partial charge is 0.514 e. The third-order valence-electron chi connectivity index (χ3n) is 3.40. The highest BCUT2D eigenvalue weighted by Gasteiger charge is 2.18. The summed E-state index contributed by atoms with van der Waals surface area (Å²) in [5.41, 5.74) is 1.54. The molecular weight excluding hydrogens is 356 g/mol. The average molecular weight is 378 g/mol. The van der Waals surface area contributed by atoms with Crippen LogP contribution in [0.25, 0.3) is 0 Å². The van der Waals surface area contributed by atoms with E-state index in [1.165, 1.54) is 6.07 Å². The van der Waals surface area contributed by atoms with E-state index in [0.717, 1.165) is 11.1 Å². The van der Waals surface area contributed by atoms with Gasteiger partial charge in [0.2, 0.25) is 0 Å². The Bertz CT molecular complexity index is 893. The third kappa shape index (κ3) is 5.86. The number of rotatable bonds is 4. The Kier molecular flexibility index (Phi) is 5.73. The first kappa shape index (κ1) is 19.9. The molecule has 2 aromatic carbocycles. The zero-order valence-electron chi connectivity index (χ0n) is 15.1. The molecule has 0 bridgehead atoms. The fourth-order valence-corrected chi connectivity index (χ4v) is 3.06. The minimum Gasteiger partial charge on any atom is -0.428 e. The van der Waals surface area contributed by atoms with E-state index >= 15 is 0 Å². The van der Waals surface area contributed by atoms with Crippen molar-refractivity contribution < 1.29 is 27.2 Å². The molecule has 0 heterocycles. The molecule has 2 aromatic rings. The highest BCUT2D eigenvalue weighted by atomic mass is 32.2. The molecule has 0 aliphatic heterocycles. The number of hydrogen-bond acceptors (Lipinski definition) is 5. The number of benzene rings is 2. The van der Waals surface area contributed by atoms with Gasteiger partial charge < -0.3 is 9.47 Å². The molecular formula is C19H22O6S. The lowest BCUT2D eigenvalue weighted by Crippen LogP contribution is -2.25. The predicted molar refractivity (Wildman–Crippen MR) is 97.1 cm³/mol. The Morgan fingerprint density at radius 3 is 2.23 bits per heavy atom. The first-order valence-electron chi connectivity index (χ1n) is 8.01. The smallest absolute Gasteiger partial charge is 0.428 e. The fraction of sp³-hybridized carbons (Fsp3) is 0.316. The summed E-state index contributed by atoms with van der Waals surface area (Å²) >= 11 is 0. The van der Waals surface area contributed by atoms with Crippen LogP contribution < -0.4 is 4.74 Å². The van der Waals surface area contributed by atoms with E-state index in [4.69, 9.17) is 9.47 Å². The summed E-state index contributed by atoms with van der Waals surface area (Å²) in [6.07, 6.45) is -0.485. The normalized spacial score (nSPS) is 11.9. The molecule has 0 aliphatic carbocycles. The zero-order chi connectivity index (χ0) is 19.5. The maximum absolute atomic E-state index is 11.7. The zero-order valence-corrected chi connectivity index (χ0v) is 16.0. The van der Waals surface area contributed by atoms with E-state index in [1.54, 1.807) is 57.2 Å². The molecule has 0 radical (unpaired) electrons. The maximum Gasteiger partial charge on any atom is 0.514 e. The molecule has 0 spiro atoms. The molecule has 0 fully saturated rings.